The largest absolute Gasteiger partial charge is 0.462 e. The number of carbonyl (C=O) groups is 1. The van der Waals surface area contributed by atoms with E-state index in [1.165, 1.54) is 11.3 Å². The fourth-order valence-corrected chi connectivity index (χ4v) is 5.60. The van der Waals surface area contributed by atoms with Gasteiger partial charge in [-0.15, -0.1) is 11.3 Å². The molecule has 1 saturated heterocycles. The van der Waals surface area contributed by atoms with E-state index in [0.29, 0.717) is 17.3 Å². The van der Waals surface area contributed by atoms with Crippen molar-refractivity contribution in [2.24, 2.45) is 0 Å². The van der Waals surface area contributed by atoms with Crippen molar-refractivity contribution < 1.29 is 9.53 Å². The van der Waals surface area contributed by atoms with Crippen LogP contribution in [0.2, 0.25) is 5.02 Å². The summed E-state index contributed by atoms with van der Waals surface area (Å²) in [5, 5.41) is 5.43. The number of esters is 1. The maximum Gasteiger partial charge on any atom is 0.341 e. The van der Waals surface area contributed by atoms with Gasteiger partial charge in [0, 0.05) is 47.3 Å². The van der Waals surface area contributed by atoms with E-state index in [4.69, 9.17) is 28.6 Å². The van der Waals surface area contributed by atoms with Crippen molar-refractivity contribution in [3.05, 3.63) is 70.1 Å². The number of hydrogen-bond donors (Lipinski definition) is 1. The van der Waals surface area contributed by atoms with Gasteiger partial charge in [-0.25, -0.2) is 4.79 Å². The second kappa shape index (κ2) is 10.5. The number of anilines is 2. The summed E-state index contributed by atoms with van der Waals surface area (Å²) in [4.78, 5) is 18.4. The number of ether oxygens (including phenoxy) is 1. The number of piperazine rings is 1. The van der Waals surface area contributed by atoms with Crippen LogP contribution in [0.3, 0.4) is 0 Å². The number of thiocarbonyl (C=S) groups is 1. The maximum absolute atomic E-state index is 12.9. The molecule has 0 bridgehead atoms. The summed E-state index contributed by atoms with van der Waals surface area (Å²) >= 11 is 13.4. The standard InChI is InChI=1S/C25H26ClN3O2S2/c1-3-31-24(30)22-21(18-8-5-4-6-9-18)17(2)33-23(22)27-25(32)29-14-12-28(13-15-29)20-11-7-10-19(26)16-20/h4-11,16H,3,12-15H2,1-2H3,(H,27,32). The lowest BCUT2D eigenvalue weighted by molar-refractivity contribution is 0.0529. The lowest BCUT2D eigenvalue weighted by atomic mass is 10.0. The van der Waals surface area contributed by atoms with Crippen molar-refractivity contribution in [1.82, 2.24) is 4.90 Å². The zero-order valence-corrected chi connectivity index (χ0v) is 21.0. The SMILES string of the molecule is CCOC(=O)c1c(NC(=S)N2CCN(c3cccc(Cl)c3)CC2)sc(C)c1-c1ccccc1. The van der Waals surface area contributed by atoms with Crippen LogP contribution in [-0.2, 0) is 4.74 Å². The minimum Gasteiger partial charge on any atom is -0.462 e. The number of carbonyl (C=O) groups excluding carboxylic acids is 1. The smallest absolute Gasteiger partial charge is 0.341 e. The van der Waals surface area contributed by atoms with E-state index < -0.39 is 0 Å². The van der Waals surface area contributed by atoms with Crippen LogP contribution >= 0.6 is 35.2 Å². The van der Waals surface area contributed by atoms with Crippen LogP contribution < -0.4 is 10.2 Å². The van der Waals surface area contributed by atoms with Gasteiger partial charge in [0.1, 0.15) is 10.6 Å². The molecule has 1 N–H and O–H groups in total. The van der Waals surface area contributed by atoms with Crippen LogP contribution in [0.4, 0.5) is 10.7 Å². The number of aryl methyl sites for hydroxylation is 1. The number of rotatable bonds is 5. The van der Waals surface area contributed by atoms with Gasteiger partial charge in [-0.2, -0.15) is 0 Å². The highest BCUT2D eigenvalue weighted by atomic mass is 35.5. The normalized spacial score (nSPS) is 13.7. The first-order chi connectivity index (χ1) is 16.0. The number of nitrogens with zero attached hydrogens (tertiary/aromatic N) is 2. The van der Waals surface area contributed by atoms with Gasteiger partial charge in [-0.3, -0.25) is 0 Å². The van der Waals surface area contributed by atoms with Gasteiger partial charge in [0.2, 0.25) is 0 Å². The molecule has 172 valence electrons. The Hall–Kier alpha value is -2.61. The van der Waals surface area contributed by atoms with E-state index in [2.05, 4.69) is 21.2 Å². The Morgan fingerprint density at radius 3 is 2.52 bits per heavy atom. The molecule has 0 atom stereocenters. The Labute approximate surface area is 208 Å². The van der Waals surface area contributed by atoms with Crippen molar-refractivity contribution in [3.8, 4) is 11.1 Å². The first-order valence-electron chi connectivity index (χ1n) is 10.9. The van der Waals surface area contributed by atoms with Crippen molar-refractivity contribution in [2.75, 3.05) is 43.0 Å². The van der Waals surface area contributed by atoms with Gasteiger partial charge in [0.15, 0.2) is 5.11 Å². The van der Waals surface area contributed by atoms with Crippen molar-refractivity contribution in [3.63, 3.8) is 0 Å². The lowest BCUT2D eigenvalue weighted by Gasteiger charge is -2.37. The van der Waals surface area contributed by atoms with Crippen molar-refractivity contribution in [1.29, 1.82) is 0 Å². The second-order valence-electron chi connectivity index (χ2n) is 7.71. The molecule has 1 aromatic heterocycles. The quantitative estimate of drug-likeness (QED) is 0.339. The number of benzene rings is 2. The Morgan fingerprint density at radius 1 is 1.12 bits per heavy atom. The fraction of sp³-hybridized carbons (Fsp3) is 0.280. The topological polar surface area (TPSA) is 44.8 Å². The Morgan fingerprint density at radius 2 is 1.85 bits per heavy atom. The highest BCUT2D eigenvalue weighted by Crippen LogP contribution is 2.40. The monoisotopic (exact) mass is 499 g/mol. The van der Waals surface area contributed by atoms with Crippen LogP contribution in [-0.4, -0.2) is 48.8 Å². The molecule has 0 aliphatic carbocycles. The lowest BCUT2D eigenvalue weighted by Crippen LogP contribution is -2.50. The molecule has 33 heavy (non-hydrogen) atoms. The Balaban J connectivity index is 1.52. The predicted molar refractivity (Wildman–Crippen MR) is 142 cm³/mol. The third kappa shape index (κ3) is 5.32. The number of nitrogens with one attached hydrogen (secondary N) is 1. The molecule has 2 aromatic carbocycles. The van der Waals surface area contributed by atoms with Gasteiger partial charge in [0.05, 0.1) is 6.61 Å². The molecule has 0 spiro atoms. The van der Waals surface area contributed by atoms with Gasteiger partial charge in [-0.05, 0) is 49.8 Å². The number of hydrogen-bond acceptors (Lipinski definition) is 5. The summed E-state index contributed by atoms with van der Waals surface area (Å²) in [5.41, 5.74) is 3.55. The van der Waals surface area contributed by atoms with Gasteiger partial charge in [0.25, 0.3) is 0 Å². The van der Waals surface area contributed by atoms with E-state index in [-0.39, 0.29) is 5.97 Å². The minimum absolute atomic E-state index is 0.317. The van der Waals surface area contributed by atoms with Gasteiger partial charge in [-0.1, -0.05) is 48.0 Å². The number of thiophene rings is 1. The van der Waals surface area contributed by atoms with Crippen LogP contribution in [0.15, 0.2) is 54.6 Å². The molecule has 0 radical (unpaired) electrons. The minimum atomic E-state index is -0.336. The second-order valence-corrected chi connectivity index (χ2v) is 9.76. The Kier molecular flexibility index (Phi) is 7.53. The third-order valence-corrected chi connectivity index (χ3v) is 7.20. The molecule has 2 heterocycles. The molecule has 1 fully saturated rings. The Bertz CT molecular complexity index is 1140. The molecule has 4 rings (SSSR count). The third-order valence-electron chi connectivity index (χ3n) is 5.59. The van der Waals surface area contributed by atoms with Crippen LogP contribution in [0.1, 0.15) is 22.2 Å². The van der Waals surface area contributed by atoms with E-state index >= 15 is 0 Å². The maximum atomic E-state index is 12.9. The molecule has 0 amide bonds. The summed E-state index contributed by atoms with van der Waals surface area (Å²) < 4.78 is 5.40. The molecule has 0 unspecified atom stereocenters. The summed E-state index contributed by atoms with van der Waals surface area (Å²) in [5.74, 6) is -0.336. The van der Waals surface area contributed by atoms with Crippen LogP contribution in [0.25, 0.3) is 11.1 Å². The molecule has 8 heteroatoms. The summed E-state index contributed by atoms with van der Waals surface area (Å²) in [6, 6.07) is 17.8. The number of halogens is 1. The molecule has 3 aromatic rings. The fourth-order valence-electron chi connectivity index (χ4n) is 4.00. The molecule has 5 nitrogen and oxygen atoms in total. The van der Waals surface area contributed by atoms with E-state index in [0.717, 1.165) is 57.9 Å². The highest BCUT2D eigenvalue weighted by Gasteiger charge is 2.26. The zero-order valence-electron chi connectivity index (χ0n) is 18.6. The van der Waals surface area contributed by atoms with Crippen molar-refractivity contribution >= 4 is 56.9 Å². The van der Waals surface area contributed by atoms with Gasteiger partial charge < -0.3 is 19.9 Å². The van der Waals surface area contributed by atoms with E-state index in [9.17, 15) is 4.79 Å². The molecule has 1 aliphatic heterocycles. The zero-order chi connectivity index (χ0) is 23.4. The molecular formula is C25H26ClN3O2S2. The first-order valence-corrected chi connectivity index (χ1v) is 12.5. The van der Waals surface area contributed by atoms with E-state index in [1.54, 1.807) is 0 Å². The summed E-state index contributed by atoms with van der Waals surface area (Å²) in [7, 11) is 0. The average molecular weight is 500 g/mol. The predicted octanol–water partition coefficient (Wildman–Crippen LogP) is 6.07. The van der Waals surface area contributed by atoms with Gasteiger partial charge >= 0.3 is 5.97 Å². The van der Waals surface area contributed by atoms with Crippen LogP contribution in [0.5, 0.6) is 0 Å². The highest BCUT2D eigenvalue weighted by molar-refractivity contribution is 7.80. The first kappa shape index (κ1) is 23.5. The average Bonchev–Trinajstić information content (AvgIpc) is 3.15. The van der Waals surface area contributed by atoms with Crippen molar-refractivity contribution in [2.45, 2.75) is 13.8 Å². The molecule has 1 aliphatic rings. The molecular weight excluding hydrogens is 474 g/mol. The van der Waals surface area contributed by atoms with E-state index in [1.807, 2.05) is 62.4 Å². The summed E-state index contributed by atoms with van der Waals surface area (Å²) in [6.07, 6.45) is 0. The molecule has 0 saturated carbocycles. The van der Waals surface area contributed by atoms with Crippen LogP contribution in [0, 0.1) is 6.92 Å². The summed E-state index contributed by atoms with van der Waals surface area (Å²) in [6.45, 7) is 7.39.